The SMILES string of the molecule is Cc1ccc(N(CCCN2CC3CN(C(=O)c4c(C)ncnc4C)CC3C2)C(=O)C2CCC(F)(F)CC2)cc1Cl. The maximum absolute atomic E-state index is 13.8. The van der Waals surface area contributed by atoms with Crippen molar-refractivity contribution < 1.29 is 18.4 Å². The van der Waals surface area contributed by atoms with Gasteiger partial charge in [0.05, 0.1) is 17.0 Å². The molecule has 1 aromatic carbocycles. The average molecular weight is 574 g/mol. The highest BCUT2D eigenvalue weighted by atomic mass is 35.5. The molecule has 3 fully saturated rings. The number of halogens is 3. The van der Waals surface area contributed by atoms with Crippen LogP contribution in [0.4, 0.5) is 14.5 Å². The van der Waals surface area contributed by atoms with E-state index < -0.39 is 11.8 Å². The standard InChI is InChI=1S/C30H38ClF2N5O2/c1-19-5-6-25(13-26(19)31)38(28(39)22-7-9-30(32,33)10-8-22)12-4-11-36-14-23-16-37(17-24(23)15-36)29(40)27-20(2)34-18-35-21(27)3/h5-6,13,18,22-24H,4,7-12,14-17H2,1-3H3. The summed E-state index contributed by atoms with van der Waals surface area (Å²) in [4.78, 5) is 41.3. The van der Waals surface area contributed by atoms with E-state index in [2.05, 4.69) is 14.9 Å². The fourth-order valence-electron chi connectivity index (χ4n) is 6.58. The van der Waals surface area contributed by atoms with Gasteiger partial charge in [0.2, 0.25) is 11.8 Å². The molecule has 1 aliphatic carbocycles. The number of aryl methyl sites for hydroxylation is 3. The lowest BCUT2D eigenvalue weighted by Gasteiger charge is -2.32. The Morgan fingerprint density at radius 2 is 1.65 bits per heavy atom. The Morgan fingerprint density at radius 3 is 2.25 bits per heavy atom. The maximum Gasteiger partial charge on any atom is 0.257 e. The van der Waals surface area contributed by atoms with Crippen molar-refractivity contribution in [2.75, 3.05) is 44.2 Å². The molecule has 0 spiro atoms. The van der Waals surface area contributed by atoms with Crippen LogP contribution < -0.4 is 4.90 Å². The average Bonchev–Trinajstić information content (AvgIpc) is 3.47. The molecule has 2 aromatic rings. The molecule has 3 aliphatic rings. The summed E-state index contributed by atoms with van der Waals surface area (Å²) in [6.07, 6.45) is 2.20. The van der Waals surface area contributed by atoms with Gasteiger partial charge in [0, 0.05) is 62.2 Å². The van der Waals surface area contributed by atoms with Gasteiger partial charge in [-0.1, -0.05) is 17.7 Å². The predicted molar refractivity (Wildman–Crippen MR) is 151 cm³/mol. The van der Waals surface area contributed by atoms with Gasteiger partial charge in [-0.25, -0.2) is 18.7 Å². The van der Waals surface area contributed by atoms with Gasteiger partial charge in [0.15, 0.2) is 0 Å². The Bertz CT molecular complexity index is 1230. The zero-order chi connectivity index (χ0) is 28.6. The number of hydrogen-bond donors (Lipinski definition) is 0. The number of carbonyl (C=O) groups is 2. The van der Waals surface area contributed by atoms with Crippen molar-refractivity contribution in [3.05, 3.63) is 52.1 Å². The third kappa shape index (κ3) is 6.15. The summed E-state index contributed by atoms with van der Waals surface area (Å²) < 4.78 is 27.5. The zero-order valence-electron chi connectivity index (χ0n) is 23.5. The summed E-state index contributed by atoms with van der Waals surface area (Å²) in [6.45, 7) is 10.2. The largest absolute Gasteiger partial charge is 0.338 e. The molecule has 40 heavy (non-hydrogen) atoms. The lowest BCUT2D eigenvalue weighted by atomic mass is 9.85. The molecule has 3 heterocycles. The molecule has 0 N–H and O–H groups in total. The Hall–Kier alpha value is -2.65. The van der Waals surface area contributed by atoms with Gasteiger partial charge in [0.1, 0.15) is 6.33 Å². The number of aromatic nitrogens is 2. The maximum atomic E-state index is 13.8. The van der Waals surface area contributed by atoms with E-state index in [0.717, 1.165) is 50.4 Å². The molecule has 216 valence electrons. The van der Waals surface area contributed by atoms with Crippen molar-refractivity contribution in [2.24, 2.45) is 17.8 Å². The summed E-state index contributed by atoms with van der Waals surface area (Å²) in [5, 5.41) is 0.587. The predicted octanol–water partition coefficient (Wildman–Crippen LogP) is 5.31. The van der Waals surface area contributed by atoms with E-state index in [1.54, 1.807) is 11.0 Å². The van der Waals surface area contributed by atoms with Gasteiger partial charge in [-0.2, -0.15) is 0 Å². The fraction of sp³-hybridized carbons (Fsp3) is 0.600. The van der Waals surface area contributed by atoms with E-state index in [0.29, 0.717) is 40.4 Å². The van der Waals surface area contributed by atoms with Gasteiger partial charge in [-0.05, 0) is 76.1 Å². The first-order valence-electron chi connectivity index (χ1n) is 14.3. The molecule has 10 heteroatoms. The number of amides is 2. The second-order valence-corrected chi connectivity index (χ2v) is 12.2. The zero-order valence-corrected chi connectivity index (χ0v) is 24.3. The van der Waals surface area contributed by atoms with Crippen LogP contribution in [0.25, 0.3) is 0 Å². The van der Waals surface area contributed by atoms with E-state index >= 15 is 0 Å². The van der Waals surface area contributed by atoms with Crippen LogP contribution in [0.1, 0.15) is 59.4 Å². The molecular weight excluding hydrogens is 536 g/mol. The van der Waals surface area contributed by atoms with Crippen LogP contribution in [0.2, 0.25) is 5.02 Å². The van der Waals surface area contributed by atoms with E-state index in [4.69, 9.17) is 11.6 Å². The second-order valence-electron chi connectivity index (χ2n) is 11.8. The molecule has 2 unspecified atom stereocenters. The first-order chi connectivity index (χ1) is 19.0. The summed E-state index contributed by atoms with van der Waals surface area (Å²) in [5.41, 5.74) is 3.69. The molecule has 2 aliphatic heterocycles. The normalized spacial score (nSPS) is 22.9. The van der Waals surface area contributed by atoms with E-state index in [-0.39, 0.29) is 37.5 Å². The van der Waals surface area contributed by atoms with Crippen molar-refractivity contribution >= 4 is 29.1 Å². The first-order valence-corrected chi connectivity index (χ1v) is 14.7. The monoisotopic (exact) mass is 573 g/mol. The molecule has 0 radical (unpaired) electrons. The summed E-state index contributed by atoms with van der Waals surface area (Å²) >= 11 is 6.39. The Kier molecular flexibility index (Phi) is 8.43. The van der Waals surface area contributed by atoms with Gasteiger partial charge in [0.25, 0.3) is 5.91 Å². The molecule has 2 amide bonds. The molecule has 0 bridgehead atoms. The highest BCUT2D eigenvalue weighted by Gasteiger charge is 2.42. The van der Waals surface area contributed by atoms with E-state index in [9.17, 15) is 18.4 Å². The Labute approximate surface area is 239 Å². The van der Waals surface area contributed by atoms with Crippen molar-refractivity contribution in [2.45, 2.75) is 58.8 Å². The van der Waals surface area contributed by atoms with E-state index in [1.807, 2.05) is 37.8 Å². The smallest absolute Gasteiger partial charge is 0.257 e. The molecule has 7 nitrogen and oxygen atoms in total. The number of benzene rings is 1. The molecule has 1 saturated carbocycles. The summed E-state index contributed by atoms with van der Waals surface area (Å²) in [6, 6.07) is 5.59. The summed E-state index contributed by atoms with van der Waals surface area (Å²) in [7, 11) is 0. The Balaban J connectivity index is 1.17. The van der Waals surface area contributed by atoms with Crippen molar-refractivity contribution in [1.29, 1.82) is 0 Å². The van der Waals surface area contributed by atoms with Crippen molar-refractivity contribution in [3.63, 3.8) is 0 Å². The van der Waals surface area contributed by atoms with Gasteiger partial charge >= 0.3 is 0 Å². The topological polar surface area (TPSA) is 69.6 Å². The van der Waals surface area contributed by atoms with Crippen molar-refractivity contribution in [1.82, 2.24) is 19.8 Å². The van der Waals surface area contributed by atoms with Gasteiger partial charge in [-0.15, -0.1) is 0 Å². The third-order valence-electron chi connectivity index (χ3n) is 8.94. The van der Waals surface area contributed by atoms with Crippen LogP contribution >= 0.6 is 11.6 Å². The van der Waals surface area contributed by atoms with Crippen LogP contribution in [-0.4, -0.2) is 76.8 Å². The molecule has 2 saturated heterocycles. The van der Waals surface area contributed by atoms with Crippen LogP contribution in [0.3, 0.4) is 0 Å². The fourth-order valence-corrected chi connectivity index (χ4v) is 6.75. The Morgan fingerprint density at radius 1 is 1.02 bits per heavy atom. The molecular formula is C30H38ClF2N5O2. The lowest BCUT2D eigenvalue weighted by molar-refractivity contribution is -0.126. The highest BCUT2D eigenvalue weighted by molar-refractivity contribution is 6.31. The number of anilines is 1. The van der Waals surface area contributed by atoms with Gasteiger partial charge < -0.3 is 14.7 Å². The minimum Gasteiger partial charge on any atom is -0.338 e. The minimum absolute atomic E-state index is 0.0166. The van der Waals surface area contributed by atoms with E-state index in [1.165, 1.54) is 6.33 Å². The number of likely N-dealkylation sites (tertiary alicyclic amines) is 2. The van der Waals surface area contributed by atoms with Crippen LogP contribution in [0.5, 0.6) is 0 Å². The highest BCUT2D eigenvalue weighted by Crippen LogP contribution is 2.38. The summed E-state index contributed by atoms with van der Waals surface area (Å²) in [5.74, 6) is -2.29. The van der Waals surface area contributed by atoms with Gasteiger partial charge in [-0.3, -0.25) is 9.59 Å². The number of fused-ring (bicyclic) bond motifs is 1. The number of carbonyl (C=O) groups excluding carboxylic acids is 2. The lowest BCUT2D eigenvalue weighted by Crippen LogP contribution is -2.41. The number of alkyl halides is 2. The molecule has 1 aromatic heterocycles. The quantitative estimate of drug-likeness (QED) is 0.449. The number of nitrogens with zero attached hydrogens (tertiary/aromatic N) is 5. The van der Waals surface area contributed by atoms with Crippen LogP contribution in [0.15, 0.2) is 24.5 Å². The first kappa shape index (κ1) is 28.9. The van der Waals surface area contributed by atoms with Crippen molar-refractivity contribution in [3.8, 4) is 0 Å². The number of hydrogen-bond acceptors (Lipinski definition) is 5. The van der Waals surface area contributed by atoms with Crippen LogP contribution in [-0.2, 0) is 4.79 Å². The molecule has 5 rings (SSSR count). The molecule has 2 atom stereocenters. The third-order valence-corrected chi connectivity index (χ3v) is 9.35. The number of rotatable bonds is 7. The second kappa shape index (κ2) is 11.7. The van der Waals surface area contributed by atoms with Crippen LogP contribution in [0, 0.1) is 38.5 Å². The minimum atomic E-state index is -2.67.